The van der Waals surface area contributed by atoms with Gasteiger partial charge in [-0.05, 0) is 43.9 Å². The maximum absolute atomic E-state index is 13.3. The van der Waals surface area contributed by atoms with E-state index in [9.17, 15) is 14.4 Å². The predicted octanol–water partition coefficient (Wildman–Crippen LogP) is 1.78. The Bertz CT molecular complexity index is 836. The smallest absolute Gasteiger partial charge is 0.330 e. The molecule has 0 bridgehead atoms. The monoisotopic (exact) mass is 405 g/mol. The molecule has 3 N–H and O–H groups in total. The zero-order valence-electron chi connectivity index (χ0n) is 17.9. The summed E-state index contributed by atoms with van der Waals surface area (Å²) >= 11 is 0. The van der Waals surface area contributed by atoms with Crippen molar-refractivity contribution in [3.63, 3.8) is 0 Å². The summed E-state index contributed by atoms with van der Waals surface area (Å²) in [7, 11) is 0. The zero-order valence-corrected chi connectivity index (χ0v) is 17.9. The molecule has 0 spiro atoms. The van der Waals surface area contributed by atoms with Crippen molar-refractivity contribution in [3.8, 4) is 0 Å². The average molecular weight is 406 g/mol. The number of unbranched alkanes of at least 4 members (excludes halogenated alkanes) is 1. The van der Waals surface area contributed by atoms with Gasteiger partial charge in [0.2, 0.25) is 5.91 Å². The number of H-pyrrole nitrogens is 1. The molecule has 8 nitrogen and oxygen atoms in total. The highest BCUT2D eigenvalue weighted by molar-refractivity contribution is 5.96. The van der Waals surface area contributed by atoms with Gasteiger partial charge in [0, 0.05) is 25.7 Å². The van der Waals surface area contributed by atoms with Crippen molar-refractivity contribution >= 4 is 17.4 Å². The fourth-order valence-corrected chi connectivity index (χ4v) is 3.74. The van der Waals surface area contributed by atoms with Gasteiger partial charge in [0.05, 0.1) is 6.54 Å². The van der Waals surface area contributed by atoms with E-state index >= 15 is 0 Å². The predicted molar refractivity (Wildman–Crippen MR) is 115 cm³/mol. The number of amides is 1. The molecule has 1 heterocycles. The molecular formula is C21H35N5O3. The lowest BCUT2D eigenvalue weighted by molar-refractivity contribution is -0.120. The first kappa shape index (κ1) is 21.6. The van der Waals surface area contributed by atoms with Gasteiger partial charge < -0.3 is 10.6 Å². The molecule has 0 radical (unpaired) electrons. The van der Waals surface area contributed by atoms with Gasteiger partial charge in [0.25, 0.3) is 5.56 Å². The molecule has 2 fully saturated rings. The van der Waals surface area contributed by atoms with Gasteiger partial charge in [0.15, 0.2) is 5.69 Å². The van der Waals surface area contributed by atoms with E-state index in [2.05, 4.69) is 9.88 Å². The summed E-state index contributed by atoms with van der Waals surface area (Å²) in [4.78, 5) is 44.4. The molecule has 8 heteroatoms. The lowest BCUT2D eigenvalue weighted by Crippen LogP contribution is -2.46. The number of rotatable bonds is 11. The Morgan fingerprint density at radius 1 is 1.24 bits per heavy atom. The van der Waals surface area contributed by atoms with E-state index in [1.807, 2.05) is 20.8 Å². The van der Waals surface area contributed by atoms with Crippen LogP contribution in [0.3, 0.4) is 0 Å². The third kappa shape index (κ3) is 5.50. The molecule has 1 aromatic heterocycles. The first-order valence-corrected chi connectivity index (χ1v) is 11.0. The highest BCUT2D eigenvalue weighted by atomic mass is 16.2. The number of nitrogens with two attached hydrogens (primary N) is 1. The Morgan fingerprint density at radius 2 is 1.93 bits per heavy atom. The van der Waals surface area contributed by atoms with Crippen LogP contribution in [0.1, 0.15) is 59.3 Å². The summed E-state index contributed by atoms with van der Waals surface area (Å²) in [5.74, 6) is 0.848. The fraction of sp³-hybridized carbons (Fsp3) is 0.762. The van der Waals surface area contributed by atoms with Crippen LogP contribution in [0.15, 0.2) is 9.59 Å². The Balaban J connectivity index is 1.90. The standard InChI is InChI=1S/C21H35N5O3/c1-4-5-10-25(17(27)13-24(16-8-9-16)12-15-6-7-15)18-19(22)26(11-14(2)3)21(29)23-20(18)28/h14-16H,4-13,22H2,1-3H3,(H,23,28,29). The maximum atomic E-state index is 13.3. The van der Waals surface area contributed by atoms with Crippen molar-refractivity contribution < 1.29 is 4.79 Å². The minimum absolute atomic E-state index is 0.0806. The van der Waals surface area contributed by atoms with Crippen LogP contribution >= 0.6 is 0 Å². The number of carbonyl (C=O) groups is 1. The van der Waals surface area contributed by atoms with E-state index < -0.39 is 11.2 Å². The molecule has 162 valence electrons. The van der Waals surface area contributed by atoms with E-state index in [0.29, 0.717) is 31.6 Å². The normalized spacial score (nSPS) is 16.6. The molecule has 3 rings (SSSR count). The quantitative estimate of drug-likeness (QED) is 0.584. The third-order valence-corrected chi connectivity index (χ3v) is 5.66. The van der Waals surface area contributed by atoms with Crippen LogP contribution in [0.4, 0.5) is 11.5 Å². The molecule has 1 amide bonds. The van der Waals surface area contributed by atoms with Gasteiger partial charge in [-0.2, -0.15) is 0 Å². The van der Waals surface area contributed by atoms with Crippen molar-refractivity contribution in [2.24, 2.45) is 11.8 Å². The molecule has 2 aliphatic carbocycles. The highest BCUT2D eigenvalue weighted by Crippen LogP contribution is 2.35. The van der Waals surface area contributed by atoms with E-state index in [0.717, 1.165) is 32.2 Å². The molecule has 0 aliphatic heterocycles. The molecule has 0 aromatic carbocycles. The molecule has 29 heavy (non-hydrogen) atoms. The number of aromatic nitrogens is 2. The second-order valence-corrected chi connectivity index (χ2v) is 9.00. The summed E-state index contributed by atoms with van der Waals surface area (Å²) in [6.45, 7) is 8.05. The topological polar surface area (TPSA) is 104 Å². The minimum atomic E-state index is -0.586. The summed E-state index contributed by atoms with van der Waals surface area (Å²) in [5.41, 5.74) is 5.28. The van der Waals surface area contributed by atoms with Gasteiger partial charge in [-0.15, -0.1) is 0 Å². The number of hydrogen-bond donors (Lipinski definition) is 2. The number of carbonyl (C=O) groups excluding carboxylic acids is 1. The molecule has 2 aliphatic rings. The van der Waals surface area contributed by atoms with Crippen molar-refractivity contribution in [1.29, 1.82) is 0 Å². The Kier molecular flexibility index (Phi) is 6.82. The van der Waals surface area contributed by atoms with E-state index in [-0.39, 0.29) is 23.3 Å². The Morgan fingerprint density at radius 3 is 2.48 bits per heavy atom. The van der Waals surface area contributed by atoms with E-state index in [4.69, 9.17) is 5.73 Å². The van der Waals surface area contributed by atoms with Crippen LogP contribution in [-0.2, 0) is 11.3 Å². The first-order valence-electron chi connectivity index (χ1n) is 11.0. The number of nitrogens with one attached hydrogen (secondary N) is 1. The molecule has 2 saturated carbocycles. The minimum Gasteiger partial charge on any atom is -0.383 e. The van der Waals surface area contributed by atoms with Crippen LogP contribution in [-0.4, -0.2) is 46.0 Å². The zero-order chi connectivity index (χ0) is 21.1. The fourth-order valence-electron chi connectivity index (χ4n) is 3.74. The first-order chi connectivity index (χ1) is 13.8. The Hall–Kier alpha value is -2.09. The van der Waals surface area contributed by atoms with Crippen LogP contribution in [0.25, 0.3) is 0 Å². The average Bonchev–Trinajstić information content (AvgIpc) is 3.53. The van der Waals surface area contributed by atoms with Crippen LogP contribution in [0, 0.1) is 11.8 Å². The third-order valence-electron chi connectivity index (χ3n) is 5.66. The van der Waals surface area contributed by atoms with Gasteiger partial charge >= 0.3 is 5.69 Å². The second-order valence-electron chi connectivity index (χ2n) is 9.00. The molecule has 0 atom stereocenters. The van der Waals surface area contributed by atoms with E-state index in [1.54, 1.807) is 0 Å². The SMILES string of the molecule is CCCCN(C(=O)CN(CC1CC1)C1CC1)c1c(N)n(CC(C)C)c(=O)[nH]c1=O. The van der Waals surface area contributed by atoms with Gasteiger partial charge in [-0.25, -0.2) is 4.79 Å². The van der Waals surface area contributed by atoms with E-state index in [1.165, 1.54) is 22.3 Å². The lowest BCUT2D eigenvalue weighted by atomic mass is 10.2. The summed E-state index contributed by atoms with van der Waals surface area (Å²) in [6, 6.07) is 0.484. The van der Waals surface area contributed by atoms with Gasteiger partial charge in [-0.3, -0.25) is 24.0 Å². The molecule has 1 aromatic rings. The molecular weight excluding hydrogens is 370 g/mol. The number of hydrogen-bond acceptors (Lipinski definition) is 5. The van der Waals surface area contributed by atoms with Crippen molar-refractivity contribution in [2.45, 2.75) is 71.9 Å². The van der Waals surface area contributed by atoms with Crippen molar-refractivity contribution in [2.75, 3.05) is 30.3 Å². The van der Waals surface area contributed by atoms with Gasteiger partial charge in [0.1, 0.15) is 5.82 Å². The number of nitrogen functional groups attached to an aromatic ring is 1. The van der Waals surface area contributed by atoms with Crippen molar-refractivity contribution in [3.05, 3.63) is 20.8 Å². The lowest BCUT2D eigenvalue weighted by Gasteiger charge is -2.28. The van der Waals surface area contributed by atoms with Crippen LogP contribution < -0.4 is 21.9 Å². The summed E-state index contributed by atoms with van der Waals surface area (Å²) < 4.78 is 1.37. The summed E-state index contributed by atoms with van der Waals surface area (Å²) in [5, 5.41) is 0. The largest absolute Gasteiger partial charge is 0.383 e. The van der Waals surface area contributed by atoms with Crippen molar-refractivity contribution in [1.82, 2.24) is 14.5 Å². The number of anilines is 2. The number of aromatic amines is 1. The second kappa shape index (κ2) is 9.15. The molecule has 0 saturated heterocycles. The molecule has 0 unspecified atom stereocenters. The Labute approximate surface area is 172 Å². The van der Waals surface area contributed by atoms with Crippen LogP contribution in [0.2, 0.25) is 0 Å². The van der Waals surface area contributed by atoms with Gasteiger partial charge in [-0.1, -0.05) is 27.2 Å². The maximum Gasteiger partial charge on any atom is 0.330 e. The summed E-state index contributed by atoms with van der Waals surface area (Å²) in [6.07, 6.45) is 6.41. The number of nitrogens with zero attached hydrogens (tertiary/aromatic N) is 3. The highest BCUT2D eigenvalue weighted by Gasteiger charge is 2.36. The van der Waals surface area contributed by atoms with Crippen LogP contribution in [0.5, 0.6) is 0 Å².